The normalized spacial score (nSPS) is 20.1. The predicted molar refractivity (Wildman–Crippen MR) is 62.1 cm³/mol. The average Bonchev–Trinajstić information content (AvgIpc) is 2.64. The summed E-state index contributed by atoms with van der Waals surface area (Å²) in [6.07, 6.45) is 0.820. The van der Waals surface area contributed by atoms with E-state index in [0.29, 0.717) is 17.2 Å². The second-order valence-electron chi connectivity index (χ2n) is 3.97. The van der Waals surface area contributed by atoms with Gasteiger partial charge in [0.05, 0.1) is 0 Å². The Kier molecular flexibility index (Phi) is 3.05. The van der Waals surface area contributed by atoms with Crippen molar-refractivity contribution in [2.24, 2.45) is 5.73 Å². The van der Waals surface area contributed by atoms with Crippen LogP contribution in [0.3, 0.4) is 0 Å². The molecular formula is C11H12F2N2S. The lowest BCUT2D eigenvalue weighted by Gasteiger charge is -2.16. The van der Waals surface area contributed by atoms with Crippen molar-refractivity contribution in [3.05, 3.63) is 35.4 Å². The molecule has 1 fully saturated rings. The van der Waals surface area contributed by atoms with Gasteiger partial charge in [-0.05, 0) is 36.3 Å². The number of nitrogens with two attached hydrogens (primary N) is 1. The van der Waals surface area contributed by atoms with Crippen LogP contribution < -0.4 is 5.73 Å². The van der Waals surface area contributed by atoms with Gasteiger partial charge in [-0.15, -0.1) is 0 Å². The summed E-state index contributed by atoms with van der Waals surface area (Å²) in [5, 5.41) is 0.347. The maximum absolute atomic E-state index is 13.0. The van der Waals surface area contributed by atoms with Gasteiger partial charge in [-0.2, -0.15) is 0 Å². The molecule has 0 radical (unpaired) electrons. The van der Waals surface area contributed by atoms with E-state index in [1.807, 2.05) is 4.90 Å². The third kappa shape index (κ3) is 2.29. The van der Waals surface area contributed by atoms with E-state index < -0.39 is 11.6 Å². The lowest BCUT2D eigenvalue weighted by Crippen LogP contribution is -2.33. The summed E-state index contributed by atoms with van der Waals surface area (Å²) in [5.41, 5.74) is 6.18. The molecule has 0 aliphatic carbocycles. The zero-order valence-electron chi connectivity index (χ0n) is 8.62. The molecule has 1 aliphatic rings. The highest BCUT2D eigenvalue weighted by atomic mass is 32.1. The number of nitrogens with zero attached hydrogens (tertiary/aromatic N) is 1. The zero-order valence-corrected chi connectivity index (χ0v) is 9.44. The molecule has 0 bridgehead atoms. The molecule has 0 unspecified atom stereocenters. The first-order chi connectivity index (χ1) is 7.56. The van der Waals surface area contributed by atoms with Crippen LogP contribution in [0.25, 0.3) is 0 Å². The van der Waals surface area contributed by atoms with E-state index in [1.54, 1.807) is 0 Å². The third-order valence-electron chi connectivity index (χ3n) is 2.86. The van der Waals surface area contributed by atoms with E-state index in [2.05, 4.69) is 0 Å². The van der Waals surface area contributed by atoms with Crippen LogP contribution in [0.4, 0.5) is 8.78 Å². The number of hydrogen-bond donors (Lipinski definition) is 1. The molecular weight excluding hydrogens is 230 g/mol. The maximum atomic E-state index is 13.0. The number of benzene rings is 1. The Labute approximate surface area is 98.0 Å². The molecule has 16 heavy (non-hydrogen) atoms. The largest absolute Gasteiger partial charge is 0.376 e. The number of likely N-dealkylation sites (tertiary alicyclic amines) is 1. The summed E-state index contributed by atoms with van der Waals surface area (Å²) < 4.78 is 26.1. The van der Waals surface area contributed by atoms with Crippen LogP contribution in [0, 0.1) is 11.6 Å². The molecule has 86 valence electrons. The van der Waals surface area contributed by atoms with Gasteiger partial charge in [-0.1, -0.05) is 0 Å². The zero-order chi connectivity index (χ0) is 11.7. The first-order valence-electron chi connectivity index (χ1n) is 5.06. The number of hydrogen-bond acceptors (Lipinski definition) is 1. The average molecular weight is 242 g/mol. The van der Waals surface area contributed by atoms with Crippen LogP contribution in [0.15, 0.2) is 18.2 Å². The molecule has 1 heterocycles. The van der Waals surface area contributed by atoms with Crippen molar-refractivity contribution in [2.75, 3.05) is 13.1 Å². The van der Waals surface area contributed by atoms with E-state index in [9.17, 15) is 8.78 Å². The second-order valence-corrected chi connectivity index (χ2v) is 4.39. The lowest BCUT2D eigenvalue weighted by atomic mass is 9.98. The molecule has 1 atom stereocenters. The highest BCUT2D eigenvalue weighted by Crippen LogP contribution is 2.27. The molecule has 1 aromatic carbocycles. The van der Waals surface area contributed by atoms with Crippen LogP contribution in [-0.4, -0.2) is 23.1 Å². The van der Waals surface area contributed by atoms with Crippen LogP contribution in [0.2, 0.25) is 0 Å². The van der Waals surface area contributed by atoms with E-state index in [-0.39, 0.29) is 5.92 Å². The predicted octanol–water partition coefficient (Wildman–Crippen LogP) is 2.00. The molecule has 2 N–H and O–H groups in total. The number of thiocarbonyl (C=S) groups is 1. The molecule has 0 saturated carbocycles. The van der Waals surface area contributed by atoms with E-state index >= 15 is 0 Å². The van der Waals surface area contributed by atoms with E-state index in [4.69, 9.17) is 18.0 Å². The van der Waals surface area contributed by atoms with Gasteiger partial charge in [0, 0.05) is 25.1 Å². The summed E-state index contributed by atoms with van der Waals surface area (Å²) in [6, 6.07) is 3.62. The van der Waals surface area contributed by atoms with Crippen LogP contribution in [-0.2, 0) is 0 Å². The monoisotopic (exact) mass is 242 g/mol. The van der Waals surface area contributed by atoms with Crippen molar-refractivity contribution >= 4 is 17.3 Å². The number of halogens is 2. The summed E-state index contributed by atoms with van der Waals surface area (Å²) in [5.74, 6) is -0.973. The highest BCUT2D eigenvalue weighted by molar-refractivity contribution is 7.80. The Balaban J connectivity index is 2.17. The van der Waals surface area contributed by atoms with Gasteiger partial charge in [0.2, 0.25) is 0 Å². The van der Waals surface area contributed by atoms with Gasteiger partial charge in [0.15, 0.2) is 5.11 Å². The smallest absolute Gasteiger partial charge is 0.166 e. The molecule has 0 amide bonds. The molecule has 5 heteroatoms. The van der Waals surface area contributed by atoms with E-state index in [0.717, 1.165) is 19.0 Å². The first-order valence-corrected chi connectivity index (χ1v) is 5.47. The Morgan fingerprint density at radius 1 is 1.31 bits per heavy atom. The lowest BCUT2D eigenvalue weighted by molar-refractivity contribution is 0.512. The minimum atomic E-state index is -0.538. The molecule has 2 rings (SSSR count). The molecule has 0 spiro atoms. The quantitative estimate of drug-likeness (QED) is 0.764. The van der Waals surface area contributed by atoms with Gasteiger partial charge in [0.25, 0.3) is 0 Å². The number of rotatable bonds is 1. The molecule has 1 aliphatic heterocycles. The topological polar surface area (TPSA) is 29.3 Å². The van der Waals surface area contributed by atoms with Gasteiger partial charge >= 0.3 is 0 Å². The second kappa shape index (κ2) is 4.33. The van der Waals surface area contributed by atoms with Crippen molar-refractivity contribution < 1.29 is 8.78 Å². The standard InChI is InChI=1S/C11H12F2N2S/c12-9-3-8(4-10(13)5-9)7-1-2-15(6-7)11(14)16/h3-5,7H,1-2,6H2,(H2,14,16)/t7-/m0/s1. The fourth-order valence-corrected chi connectivity index (χ4v) is 2.21. The molecule has 1 aromatic rings. The summed E-state index contributed by atoms with van der Waals surface area (Å²) >= 11 is 4.87. The van der Waals surface area contributed by atoms with Crippen molar-refractivity contribution in [3.63, 3.8) is 0 Å². The minimum absolute atomic E-state index is 0.103. The van der Waals surface area contributed by atoms with E-state index in [1.165, 1.54) is 12.1 Å². The summed E-state index contributed by atoms with van der Waals surface area (Å²) in [7, 11) is 0. The Morgan fingerprint density at radius 3 is 2.44 bits per heavy atom. The Bertz CT molecular complexity index is 402. The van der Waals surface area contributed by atoms with Crippen LogP contribution >= 0.6 is 12.2 Å². The van der Waals surface area contributed by atoms with Crippen molar-refractivity contribution in [3.8, 4) is 0 Å². The van der Waals surface area contributed by atoms with Crippen molar-refractivity contribution in [2.45, 2.75) is 12.3 Å². The van der Waals surface area contributed by atoms with Gasteiger partial charge in [0.1, 0.15) is 11.6 Å². The SMILES string of the molecule is NC(=S)N1CC[C@H](c2cc(F)cc(F)c2)C1. The van der Waals surface area contributed by atoms with Crippen LogP contribution in [0.5, 0.6) is 0 Å². The van der Waals surface area contributed by atoms with Gasteiger partial charge in [-0.25, -0.2) is 8.78 Å². The first kappa shape index (κ1) is 11.3. The molecule has 0 aromatic heterocycles. The summed E-state index contributed by atoms with van der Waals surface area (Å²) in [6.45, 7) is 1.39. The van der Waals surface area contributed by atoms with Crippen molar-refractivity contribution in [1.29, 1.82) is 0 Å². The summed E-state index contributed by atoms with van der Waals surface area (Å²) in [4.78, 5) is 1.85. The third-order valence-corrected chi connectivity index (χ3v) is 3.11. The van der Waals surface area contributed by atoms with Gasteiger partial charge in [-0.3, -0.25) is 0 Å². The minimum Gasteiger partial charge on any atom is -0.376 e. The molecule has 1 saturated heterocycles. The van der Waals surface area contributed by atoms with Crippen LogP contribution in [0.1, 0.15) is 17.9 Å². The van der Waals surface area contributed by atoms with Crippen molar-refractivity contribution in [1.82, 2.24) is 4.90 Å². The Hall–Kier alpha value is -1.23. The van der Waals surface area contributed by atoms with Gasteiger partial charge < -0.3 is 10.6 Å². The Morgan fingerprint density at radius 2 is 1.94 bits per heavy atom. The fourth-order valence-electron chi connectivity index (χ4n) is 2.04. The molecule has 2 nitrogen and oxygen atoms in total. The maximum Gasteiger partial charge on any atom is 0.166 e. The fraction of sp³-hybridized carbons (Fsp3) is 0.364. The highest BCUT2D eigenvalue weighted by Gasteiger charge is 2.25.